The zero-order chi connectivity index (χ0) is 8.97. The number of hydrogen-bond donors (Lipinski definition) is 0. The summed E-state index contributed by atoms with van der Waals surface area (Å²) in [6.07, 6.45) is 2.70. The van der Waals surface area contributed by atoms with Crippen LogP contribution in [0.5, 0.6) is 5.75 Å². The highest BCUT2D eigenvalue weighted by Crippen LogP contribution is 2.14. The second-order valence-electron chi connectivity index (χ2n) is 2.04. The molecule has 1 aromatic rings. The van der Waals surface area contributed by atoms with Crippen molar-refractivity contribution in [2.45, 2.75) is 12.5 Å². The minimum atomic E-state index is -2.82. The molecule has 0 aromatic carbocycles. The molecule has 66 valence electrons. The number of alkyl halides is 3. The van der Waals surface area contributed by atoms with Crippen LogP contribution < -0.4 is 4.74 Å². The average Bonchev–Trinajstić information content (AvgIpc) is 2.03. The fourth-order valence-electron chi connectivity index (χ4n) is 0.704. The zero-order valence-corrected chi connectivity index (χ0v) is 6.76. The summed E-state index contributed by atoms with van der Waals surface area (Å²) in [7, 11) is 0. The summed E-state index contributed by atoms with van der Waals surface area (Å²) in [6, 6.07) is 1.42. The van der Waals surface area contributed by atoms with Gasteiger partial charge in [-0.1, -0.05) is 0 Å². The third kappa shape index (κ3) is 2.62. The Morgan fingerprint density at radius 1 is 1.50 bits per heavy atom. The number of nitrogens with zero attached hydrogens (tertiary/aromatic N) is 1. The van der Waals surface area contributed by atoms with Gasteiger partial charge < -0.3 is 4.74 Å². The number of ether oxygens (including phenoxy) is 1. The zero-order valence-electron chi connectivity index (χ0n) is 6.01. The molecule has 1 rings (SSSR count). The summed E-state index contributed by atoms with van der Waals surface area (Å²) in [5.41, 5.74) is 0.648. The molecule has 0 amide bonds. The van der Waals surface area contributed by atoms with E-state index in [0.717, 1.165) is 0 Å². The highest BCUT2D eigenvalue weighted by Gasteiger charge is 2.04. The Morgan fingerprint density at radius 2 is 2.25 bits per heavy atom. The highest BCUT2D eigenvalue weighted by atomic mass is 35.5. The van der Waals surface area contributed by atoms with Crippen LogP contribution in [0.25, 0.3) is 0 Å². The second-order valence-corrected chi connectivity index (χ2v) is 2.31. The van der Waals surface area contributed by atoms with Gasteiger partial charge in [0.25, 0.3) is 0 Å². The number of pyridine rings is 1. The SMILES string of the molecule is FC(F)Oc1cncc(CCl)c1. The summed E-state index contributed by atoms with van der Waals surface area (Å²) in [5.74, 6) is 0.260. The fourth-order valence-corrected chi connectivity index (χ4v) is 0.850. The molecule has 1 heterocycles. The second kappa shape index (κ2) is 4.21. The molecule has 0 saturated carbocycles. The number of halogens is 3. The highest BCUT2D eigenvalue weighted by molar-refractivity contribution is 6.17. The quantitative estimate of drug-likeness (QED) is 0.688. The number of hydrogen-bond acceptors (Lipinski definition) is 2. The van der Waals surface area contributed by atoms with Gasteiger partial charge >= 0.3 is 6.61 Å². The summed E-state index contributed by atoms with van der Waals surface area (Å²) >= 11 is 5.45. The molecule has 0 spiro atoms. The lowest BCUT2D eigenvalue weighted by Crippen LogP contribution is -2.02. The minimum absolute atomic E-state index is 0.0307. The van der Waals surface area contributed by atoms with E-state index in [-0.39, 0.29) is 11.6 Å². The van der Waals surface area contributed by atoms with Crippen molar-refractivity contribution in [2.24, 2.45) is 0 Å². The van der Waals surface area contributed by atoms with Crippen LogP contribution in [0.1, 0.15) is 5.56 Å². The lowest BCUT2D eigenvalue weighted by Gasteiger charge is -2.03. The molecular formula is C7H6ClF2NO. The first-order valence-corrected chi connectivity index (χ1v) is 3.70. The van der Waals surface area contributed by atoms with Crippen molar-refractivity contribution < 1.29 is 13.5 Å². The van der Waals surface area contributed by atoms with Crippen LogP contribution in [0.4, 0.5) is 8.78 Å². The molecule has 0 atom stereocenters. The smallest absolute Gasteiger partial charge is 0.387 e. The molecule has 0 unspecified atom stereocenters. The third-order valence-corrected chi connectivity index (χ3v) is 1.46. The Balaban J connectivity index is 2.72. The van der Waals surface area contributed by atoms with Gasteiger partial charge in [0, 0.05) is 12.1 Å². The Labute approximate surface area is 73.1 Å². The van der Waals surface area contributed by atoms with Crippen LogP contribution in [0.2, 0.25) is 0 Å². The van der Waals surface area contributed by atoms with Gasteiger partial charge in [-0.15, -0.1) is 11.6 Å². The molecular weight excluding hydrogens is 188 g/mol. The van der Waals surface area contributed by atoms with E-state index in [0.29, 0.717) is 5.56 Å². The molecule has 2 nitrogen and oxygen atoms in total. The molecule has 0 N–H and O–H groups in total. The predicted molar refractivity (Wildman–Crippen MR) is 40.4 cm³/mol. The molecule has 0 aliphatic heterocycles. The van der Waals surface area contributed by atoms with Gasteiger partial charge in [-0.2, -0.15) is 8.78 Å². The lowest BCUT2D eigenvalue weighted by molar-refractivity contribution is -0.0501. The van der Waals surface area contributed by atoms with Crippen molar-refractivity contribution >= 4 is 11.6 Å². The van der Waals surface area contributed by atoms with Gasteiger partial charge in [0.15, 0.2) is 0 Å². The van der Waals surface area contributed by atoms with E-state index in [1.54, 1.807) is 0 Å². The molecule has 0 saturated heterocycles. The van der Waals surface area contributed by atoms with Gasteiger partial charge in [-0.05, 0) is 11.6 Å². The van der Waals surface area contributed by atoms with E-state index in [2.05, 4.69) is 9.72 Å². The third-order valence-electron chi connectivity index (χ3n) is 1.15. The van der Waals surface area contributed by atoms with Crippen molar-refractivity contribution in [2.75, 3.05) is 0 Å². The number of aromatic nitrogens is 1. The maximum Gasteiger partial charge on any atom is 0.387 e. The van der Waals surface area contributed by atoms with E-state index >= 15 is 0 Å². The maximum atomic E-state index is 11.7. The van der Waals surface area contributed by atoms with Gasteiger partial charge in [0.2, 0.25) is 0 Å². The Bertz CT molecular complexity index is 257. The summed E-state index contributed by atoms with van der Waals surface area (Å²) in [6.45, 7) is -2.82. The maximum absolute atomic E-state index is 11.7. The first-order valence-electron chi connectivity index (χ1n) is 3.17. The van der Waals surface area contributed by atoms with Crippen molar-refractivity contribution in [1.82, 2.24) is 4.98 Å². The minimum Gasteiger partial charge on any atom is -0.433 e. The van der Waals surface area contributed by atoms with Crippen molar-refractivity contribution in [3.05, 3.63) is 24.0 Å². The molecule has 1 aromatic heterocycles. The lowest BCUT2D eigenvalue weighted by atomic mass is 10.3. The number of rotatable bonds is 3. The van der Waals surface area contributed by atoms with E-state index < -0.39 is 6.61 Å². The Morgan fingerprint density at radius 3 is 2.83 bits per heavy atom. The normalized spacial score (nSPS) is 10.3. The molecule has 12 heavy (non-hydrogen) atoms. The van der Waals surface area contributed by atoms with Crippen molar-refractivity contribution in [1.29, 1.82) is 0 Å². The molecule has 0 aliphatic carbocycles. The van der Waals surface area contributed by atoms with E-state index in [4.69, 9.17) is 11.6 Å². The molecule has 0 fully saturated rings. The fraction of sp³-hybridized carbons (Fsp3) is 0.286. The molecule has 5 heteroatoms. The van der Waals surface area contributed by atoms with Crippen LogP contribution in [-0.4, -0.2) is 11.6 Å². The summed E-state index contributed by atoms with van der Waals surface area (Å²) in [4.78, 5) is 3.67. The van der Waals surface area contributed by atoms with Crippen LogP contribution >= 0.6 is 11.6 Å². The molecule has 0 aliphatic rings. The Hall–Kier alpha value is -0.900. The monoisotopic (exact) mass is 193 g/mol. The first kappa shape index (κ1) is 9.19. The van der Waals surface area contributed by atoms with Gasteiger partial charge in [0.05, 0.1) is 6.20 Å². The summed E-state index contributed by atoms with van der Waals surface area (Å²) in [5, 5.41) is 0. The molecule has 0 radical (unpaired) electrons. The topological polar surface area (TPSA) is 22.1 Å². The van der Waals surface area contributed by atoms with Crippen LogP contribution in [0, 0.1) is 0 Å². The van der Waals surface area contributed by atoms with Gasteiger partial charge in [-0.3, -0.25) is 4.98 Å². The van der Waals surface area contributed by atoms with Gasteiger partial charge in [-0.25, -0.2) is 0 Å². The van der Waals surface area contributed by atoms with E-state index in [1.165, 1.54) is 18.5 Å². The standard InChI is InChI=1S/C7H6ClF2NO/c8-2-5-1-6(4-11-3-5)12-7(9)10/h1,3-4,7H,2H2. The van der Waals surface area contributed by atoms with Crippen molar-refractivity contribution in [3.63, 3.8) is 0 Å². The van der Waals surface area contributed by atoms with Crippen LogP contribution in [0.3, 0.4) is 0 Å². The summed E-state index contributed by atoms with van der Waals surface area (Å²) < 4.78 is 27.4. The van der Waals surface area contributed by atoms with Gasteiger partial charge in [0.1, 0.15) is 5.75 Å². The van der Waals surface area contributed by atoms with Crippen LogP contribution in [0.15, 0.2) is 18.5 Å². The first-order chi connectivity index (χ1) is 5.72. The van der Waals surface area contributed by atoms with E-state index in [1.807, 2.05) is 0 Å². The predicted octanol–water partition coefficient (Wildman–Crippen LogP) is 2.42. The Kier molecular flexibility index (Phi) is 3.22. The van der Waals surface area contributed by atoms with Crippen molar-refractivity contribution in [3.8, 4) is 5.75 Å². The largest absolute Gasteiger partial charge is 0.433 e. The van der Waals surface area contributed by atoms with Crippen LogP contribution in [-0.2, 0) is 5.88 Å². The average molecular weight is 194 g/mol. The van der Waals surface area contributed by atoms with E-state index in [9.17, 15) is 8.78 Å². The molecule has 0 bridgehead atoms.